The van der Waals surface area contributed by atoms with Crippen LogP contribution in [0.1, 0.15) is 21.5 Å². The van der Waals surface area contributed by atoms with E-state index in [2.05, 4.69) is 14.8 Å². The van der Waals surface area contributed by atoms with Crippen LogP contribution in [0.15, 0.2) is 23.9 Å². The van der Waals surface area contributed by atoms with Crippen LogP contribution in [0.4, 0.5) is 5.69 Å². The molecule has 120 valence electrons. The van der Waals surface area contributed by atoms with Gasteiger partial charge in [-0.25, -0.2) is 14.4 Å². The van der Waals surface area contributed by atoms with Gasteiger partial charge in [0.15, 0.2) is 0 Å². The van der Waals surface area contributed by atoms with Crippen molar-refractivity contribution in [2.75, 3.05) is 19.5 Å². The second-order valence-electron chi connectivity index (χ2n) is 4.33. The molecule has 23 heavy (non-hydrogen) atoms. The number of benzene rings is 1. The average Bonchev–Trinajstić information content (AvgIpc) is 2.53. The second kappa shape index (κ2) is 7.61. The number of methoxy groups -OCH3 is 2. The van der Waals surface area contributed by atoms with E-state index < -0.39 is 17.9 Å². The molecule has 0 spiro atoms. The fourth-order valence-electron chi connectivity index (χ4n) is 1.75. The molecule has 0 aliphatic carbocycles. The second-order valence-corrected chi connectivity index (χ2v) is 4.33. The van der Waals surface area contributed by atoms with Gasteiger partial charge in [-0.3, -0.25) is 0 Å². The number of carboxylic acids is 1. The van der Waals surface area contributed by atoms with Crippen molar-refractivity contribution in [3.63, 3.8) is 0 Å². The zero-order valence-corrected chi connectivity index (χ0v) is 12.7. The van der Waals surface area contributed by atoms with Crippen LogP contribution >= 0.6 is 0 Å². The van der Waals surface area contributed by atoms with Gasteiger partial charge in [-0.2, -0.15) is 5.26 Å². The molecular formula is C15H14N2O6. The Balaban J connectivity index is 3.42. The van der Waals surface area contributed by atoms with Crippen molar-refractivity contribution >= 4 is 23.6 Å². The van der Waals surface area contributed by atoms with Gasteiger partial charge in [0.05, 0.1) is 43.2 Å². The zero-order valence-electron chi connectivity index (χ0n) is 12.7. The number of aryl methyl sites for hydroxylation is 1. The lowest BCUT2D eigenvalue weighted by atomic mass is 10.0. The molecule has 0 fully saturated rings. The Kier molecular flexibility index (Phi) is 5.86. The zero-order chi connectivity index (χ0) is 17.6. The molecule has 0 atom stereocenters. The molecule has 0 aromatic heterocycles. The minimum absolute atomic E-state index is 0.0667. The first-order valence-electron chi connectivity index (χ1n) is 6.27. The Morgan fingerprint density at radius 3 is 2.39 bits per heavy atom. The summed E-state index contributed by atoms with van der Waals surface area (Å²) in [6, 6.07) is 4.45. The molecule has 8 nitrogen and oxygen atoms in total. The smallest absolute Gasteiger partial charge is 0.354 e. The number of hydrogen-bond acceptors (Lipinski definition) is 7. The number of nitrogens with one attached hydrogen (secondary N) is 1. The highest BCUT2D eigenvalue weighted by molar-refractivity contribution is 6.02. The van der Waals surface area contributed by atoms with Gasteiger partial charge in [0.2, 0.25) is 0 Å². The molecule has 2 N–H and O–H groups in total. The maximum atomic E-state index is 11.7. The molecule has 0 heterocycles. The molecule has 1 aromatic carbocycles. The van der Waals surface area contributed by atoms with Crippen LogP contribution in [0, 0.1) is 18.3 Å². The van der Waals surface area contributed by atoms with Crippen LogP contribution in [0.2, 0.25) is 0 Å². The molecular weight excluding hydrogens is 304 g/mol. The summed E-state index contributed by atoms with van der Waals surface area (Å²) < 4.78 is 8.97. The van der Waals surface area contributed by atoms with E-state index in [0.29, 0.717) is 5.56 Å². The van der Waals surface area contributed by atoms with Crippen molar-refractivity contribution in [2.24, 2.45) is 0 Å². The summed E-state index contributed by atoms with van der Waals surface area (Å²) in [6.45, 7) is 1.56. The number of carboxylic acid groups (broad SMARTS) is 1. The molecule has 0 aliphatic heterocycles. The first kappa shape index (κ1) is 17.7. The normalized spacial score (nSPS) is 10.4. The molecule has 0 radical (unpaired) electrons. The summed E-state index contributed by atoms with van der Waals surface area (Å²) in [7, 11) is 2.24. The number of carbonyl (C=O) groups excluding carboxylic acids is 2. The van der Waals surface area contributed by atoms with Crippen LogP contribution in [0.25, 0.3) is 0 Å². The van der Waals surface area contributed by atoms with E-state index in [9.17, 15) is 19.5 Å². The predicted molar refractivity (Wildman–Crippen MR) is 78.6 cm³/mol. The molecule has 1 rings (SSSR count). The third kappa shape index (κ3) is 4.31. The third-order valence-corrected chi connectivity index (χ3v) is 2.82. The van der Waals surface area contributed by atoms with Crippen molar-refractivity contribution in [1.82, 2.24) is 0 Å². The summed E-state index contributed by atoms with van der Waals surface area (Å²) in [6.07, 6.45) is 0.842. The highest BCUT2D eigenvalue weighted by Crippen LogP contribution is 2.24. The van der Waals surface area contributed by atoms with E-state index in [1.165, 1.54) is 6.07 Å². The van der Waals surface area contributed by atoms with E-state index in [-0.39, 0.29) is 22.5 Å². The lowest BCUT2D eigenvalue weighted by Gasteiger charge is -2.14. The van der Waals surface area contributed by atoms with Crippen LogP contribution in [0.3, 0.4) is 0 Å². The van der Waals surface area contributed by atoms with Gasteiger partial charge >= 0.3 is 17.9 Å². The lowest BCUT2D eigenvalue weighted by molar-refractivity contribution is -0.138. The van der Waals surface area contributed by atoms with Crippen molar-refractivity contribution in [1.29, 1.82) is 5.26 Å². The van der Waals surface area contributed by atoms with Crippen molar-refractivity contribution < 1.29 is 29.0 Å². The van der Waals surface area contributed by atoms with Gasteiger partial charge in [0.25, 0.3) is 0 Å². The quantitative estimate of drug-likeness (QED) is 0.613. The minimum atomic E-state index is -1.30. The van der Waals surface area contributed by atoms with E-state index in [1.54, 1.807) is 6.92 Å². The number of aromatic carboxylic acids is 1. The molecule has 0 amide bonds. The van der Waals surface area contributed by atoms with E-state index in [1.807, 2.05) is 6.07 Å². The number of rotatable bonds is 5. The summed E-state index contributed by atoms with van der Waals surface area (Å²) in [5, 5.41) is 20.7. The third-order valence-electron chi connectivity index (χ3n) is 2.82. The maximum absolute atomic E-state index is 11.7. The molecule has 0 saturated heterocycles. The standard InChI is InChI=1S/C15H14N2O6/c1-8-4-9(7-16)5-10(14(19)20)13(8)17-11(15(21)23-3)6-12(18)22-2/h4-6,17H,1-3H3,(H,19,20)/b11-6+. The Morgan fingerprint density at radius 2 is 1.91 bits per heavy atom. The minimum Gasteiger partial charge on any atom is -0.478 e. The van der Waals surface area contributed by atoms with Gasteiger partial charge in [-0.15, -0.1) is 0 Å². The van der Waals surface area contributed by atoms with Crippen molar-refractivity contribution in [2.45, 2.75) is 6.92 Å². The number of carbonyl (C=O) groups is 3. The lowest BCUT2D eigenvalue weighted by Crippen LogP contribution is -2.18. The van der Waals surface area contributed by atoms with E-state index >= 15 is 0 Å². The van der Waals surface area contributed by atoms with Gasteiger partial charge in [0, 0.05) is 0 Å². The largest absolute Gasteiger partial charge is 0.478 e. The fraction of sp³-hybridized carbons (Fsp3) is 0.200. The summed E-state index contributed by atoms with van der Waals surface area (Å²) in [5.74, 6) is -2.99. The van der Waals surface area contributed by atoms with Crippen LogP contribution in [-0.4, -0.2) is 37.2 Å². The van der Waals surface area contributed by atoms with Crippen molar-refractivity contribution in [3.05, 3.63) is 40.6 Å². The van der Waals surface area contributed by atoms with Gasteiger partial charge in [-0.1, -0.05) is 0 Å². The van der Waals surface area contributed by atoms with Crippen LogP contribution < -0.4 is 5.32 Å². The van der Waals surface area contributed by atoms with Crippen LogP contribution in [0.5, 0.6) is 0 Å². The highest BCUT2D eigenvalue weighted by atomic mass is 16.5. The number of hydrogen-bond donors (Lipinski definition) is 2. The predicted octanol–water partition coefficient (Wildman–Crippen LogP) is 1.21. The Labute approximate surface area is 131 Å². The summed E-state index contributed by atoms with van der Waals surface area (Å²) in [5.41, 5.74) is 0.107. The first-order valence-corrected chi connectivity index (χ1v) is 6.27. The number of anilines is 1. The Morgan fingerprint density at radius 1 is 1.26 bits per heavy atom. The number of nitrogens with zero attached hydrogens (tertiary/aromatic N) is 1. The van der Waals surface area contributed by atoms with Gasteiger partial charge in [-0.05, 0) is 24.6 Å². The monoisotopic (exact) mass is 318 g/mol. The Bertz CT molecular complexity index is 730. The number of nitriles is 1. The SMILES string of the molecule is COC(=O)/C=C(/Nc1c(C)cc(C#N)cc1C(=O)O)C(=O)OC. The molecule has 0 saturated carbocycles. The maximum Gasteiger partial charge on any atom is 0.354 e. The summed E-state index contributed by atoms with van der Waals surface area (Å²) >= 11 is 0. The van der Waals surface area contributed by atoms with E-state index in [4.69, 9.17) is 5.26 Å². The molecule has 8 heteroatoms. The van der Waals surface area contributed by atoms with Gasteiger partial charge < -0.3 is 19.9 Å². The Hall–Kier alpha value is -3.34. The van der Waals surface area contributed by atoms with Crippen LogP contribution in [-0.2, 0) is 19.1 Å². The number of ether oxygens (including phenoxy) is 2. The molecule has 0 bridgehead atoms. The molecule has 0 aliphatic rings. The first-order chi connectivity index (χ1) is 10.8. The highest BCUT2D eigenvalue weighted by Gasteiger charge is 2.19. The molecule has 1 aromatic rings. The average molecular weight is 318 g/mol. The van der Waals surface area contributed by atoms with Gasteiger partial charge in [0.1, 0.15) is 5.70 Å². The fourth-order valence-corrected chi connectivity index (χ4v) is 1.75. The van der Waals surface area contributed by atoms with Crippen molar-refractivity contribution in [3.8, 4) is 6.07 Å². The molecule has 0 unspecified atom stereocenters. The topological polar surface area (TPSA) is 126 Å². The number of esters is 2. The van der Waals surface area contributed by atoms with E-state index in [0.717, 1.165) is 26.4 Å². The summed E-state index contributed by atoms with van der Waals surface area (Å²) in [4.78, 5) is 34.4.